The minimum absolute atomic E-state index is 0.0559. The fraction of sp³-hybridized carbons (Fsp3) is 0.400. The number of ether oxygens (including phenoxy) is 1. The quantitative estimate of drug-likeness (QED) is 0.694. The van der Waals surface area contributed by atoms with E-state index in [0.29, 0.717) is 47.1 Å². The minimum Gasteiger partial charge on any atom is -0.491 e. The molecule has 2 N–H and O–H groups in total. The standard InChI is InChI=1S/C20H23ClN4O4S/c1-13-11-29-16-5-4-14(21)8-15(16)19(27)23-6-2-3-7-25(10-18(26)24-13)20(28)17-9-22-12-30-17/h4-5,8-9,12-13H,2-3,6-7,10-11H2,1H3,(H,23,27)(H,24,26)/t13-/m0/s1. The molecule has 10 heteroatoms. The summed E-state index contributed by atoms with van der Waals surface area (Å²) in [4.78, 5) is 43.7. The van der Waals surface area contributed by atoms with Crippen molar-refractivity contribution in [1.29, 1.82) is 0 Å². The molecule has 1 aromatic heterocycles. The molecule has 2 aromatic rings. The van der Waals surface area contributed by atoms with Crippen LogP contribution in [0, 0.1) is 0 Å². The predicted molar refractivity (Wildman–Crippen MR) is 114 cm³/mol. The van der Waals surface area contributed by atoms with E-state index in [2.05, 4.69) is 15.6 Å². The van der Waals surface area contributed by atoms with E-state index in [1.807, 2.05) is 0 Å². The monoisotopic (exact) mass is 450 g/mol. The molecule has 0 saturated heterocycles. The number of amides is 3. The van der Waals surface area contributed by atoms with E-state index in [-0.39, 0.29) is 36.9 Å². The van der Waals surface area contributed by atoms with Crippen LogP contribution in [0.15, 0.2) is 29.9 Å². The molecule has 8 nitrogen and oxygen atoms in total. The molecule has 0 spiro atoms. The van der Waals surface area contributed by atoms with Crippen LogP contribution in [0.4, 0.5) is 0 Å². The van der Waals surface area contributed by atoms with Gasteiger partial charge in [0.15, 0.2) is 0 Å². The Hall–Kier alpha value is -2.65. The first-order valence-electron chi connectivity index (χ1n) is 9.61. The van der Waals surface area contributed by atoms with Crippen molar-refractivity contribution in [3.05, 3.63) is 45.4 Å². The second-order valence-electron chi connectivity index (χ2n) is 6.98. The number of benzene rings is 1. The summed E-state index contributed by atoms with van der Waals surface area (Å²) in [5.41, 5.74) is 1.93. The lowest BCUT2D eigenvalue weighted by Crippen LogP contribution is -2.45. The lowest BCUT2D eigenvalue weighted by atomic mass is 10.2. The van der Waals surface area contributed by atoms with Crippen molar-refractivity contribution in [2.24, 2.45) is 0 Å². The number of rotatable bonds is 1. The van der Waals surface area contributed by atoms with E-state index in [4.69, 9.17) is 16.3 Å². The van der Waals surface area contributed by atoms with Crippen molar-refractivity contribution in [2.45, 2.75) is 25.8 Å². The van der Waals surface area contributed by atoms with Crippen LogP contribution >= 0.6 is 22.9 Å². The molecule has 1 atom stereocenters. The second kappa shape index (κ2) is 10.4. The number of carbonyl (C=O) groups is 3. The number of thiazole rings is 1. The van der Waals surface area contributed by atoms with Crippen LogP contribution in [-0.2, 0) is 4.79 Å². The molecule has 0 fully saturated rings. The van der Waals surface area contributed by atoms with Gasteiger partial charge in [-0.15, -0.1) is 11.3 Å². The fourth-order valence-electron chi connectivity index (χ4n) is 3.01. The molecular formula is C20H23ClN4O4S. The average Bonchev–Trinajstić information content (AvgIpc) is 3.25. The maximum atomic E-state index is 12.7. The van der Waals surface area contributed by atoms with E-state index < -0.39 is 0 Å². The van der Waals surface area contributed by atoms with Crippen molar-refractivity contribution in [3.8, 4) is 5.75 Å². The van der Waals surface area contributed by atoms with Crippen LogP contribution in [0.25, 0.3) is 0 Å². The van der Waals surface area contributed by atoms with Crippen molar-refractivity contribution < 1.29 is 19.1 Å². The third-order valence-corrected chi connectivity index (χ3v) is 5.48. The molecule has 3 rings (SSSR count). The zero-order valence-electron chi connectivity index (χ0n) is 16.5. The molecule has 1 aromatic carbocycles. The molecular weight excluding hydrogens is 428 g/mol. The Labute approximate surface area is 183 Å². The van der Waals surface area contributed by atoms with Gasteiger partial charge in [-0.05, 0) is 38.0 Å². The molecule has 1 aliphatic rings. The maximum absolute atomic E-state index is 12.7. The van der Waals surface area contributed by atoms with E-state index in [0.717, 1.165) is 0 Å². The number of nitrogens with zero attached hydrogens (tertiary/aromatic N) is 2. The van der Waals surface area contributed by atoms with Gasteiger partial charge in [0, 0.05) is 18.1 Å². The molecule has 0 saturated carbocycles. The molecule has 30 heavy (non-hydrogen) atoms. The number of aromatic nitrogens is 1. The van der Waals surface area contributed by atoms with Crippen LogP contribution in [-0.4, -0.2) is 59.9 Å². The third-order valence-electron chi connectivity index (χ3n) is 4.49. The Kier molecular flexibility index (Phi) is 7.64. The Morgan fingerprint density at radius 3 is 2.93 bits per heavy atom. The summed E-state index contributed by atoms with van der Waals surface area (Å²) in [5.74, 6) is -0.386. The van der Waals surface area contributed by atoms with Crippen molar-refractivity contribution in [3.63, 3.8) is 0 Å². The van der Waals surface area contributed by atoms with Gasteiger partial charge < -0.3 is 20.3 Å². The van der Waals surface area contributed by atoms with Crippen molar-refractivity contribution >= 4 is 40.7 Å². The number of hydrogen-bond donors (Lipinski definition) is 2. The van der Waals surface area contributed by atoms with Gasteiger partial charge in [0.1, 0.15) is 17.2 Å². The summed E-state index contributed by atoms with van der Waals surface area (Å²) in [5, 5.41) is 6.13. The van der Waals surface area contributed by atoms with Gasteiger partial charge in [0.25, 0.3) is 11.8 Å². The number of hydrogen-bond acceptors (Lipinski definition) is 6. The summed E-state index contributed by atoms with van der Waals surface area (Å²) in [7, 11) is 0. The summed E-state index contributed by atoms with van der Waals surface area (Å²) < 4.78 is 5.76. The van der Waals surface area contributed by atoms with Crippen LogP contribution in [0.3, 0.4) is 0 Å². The average molecular weight is 451 g/mol. The summed E-state index contributed by atoms with van der Waals surface area (Å²) in [6, 6.07) is 4.52. The van der Waals surface area contributed by atoms with Gasteiger partial charge in [-0.3, -0.25) is 19.4 Å². The molecule has 0 radical (unpaired) electrons. The normalized spacial score (nSPS) is 18.9. The Morgan fingerprint density at radius 2 is 2.17 bits per heavy atom. The molecule has 3 amide bonds. The largest absolute Gasteiger partial charge is 0.491 e. The van der Waals surface area contributed by atoms with Crippen LogP contribution in [0.2, 0.25) is 5.02 Å². The molecule has 160 valence electrons. The zero-order valence-corrected chi connectivity index (χ0v) is 18.1. The highest BCUT2D eigenvalue weighted by Crippen LogP contribution is 2.23. The number of carbonyl (C=O) groups excluding carboxylic acids is 3. The predicted octanol–water partition coefficient (Wildman–Crippen LogP) is 2.35. The lowest BCUT2D eigenvalue weighted by Gasteiger charge is -2.23. The molecule has 2 heterocycles. The van der Waals surface area contributed by atoms with E-state index >= 15 is 0 Å². The molecule has 1 aliphatic heterocycles. The van der Waals surface area contributed by atoms with Crippen LogP contribution in [0.5, 0.6) is 5.75 Å². The van der Waals surface area contributed by atoms with Gasteiger partial charge in [0.05, 0.1) is 29.9 Å². The van der Waals surface area contributed by atoms with Gasteiger partial charge in [0.2, 0.25) is 5.91 Å². The highest BCUT2D eigenvalue weighted by Gasteiger charge is 2.22. The smallest absolute Gasteiger partial charge is 0.266 e. The molecule has 0 bridgehead atoms. The van der Waals surface area contributed by atoms with Crippen molar-refractivity contribution in [2.75, 3.05) is 26.2 Å². The minimum atomic E-state index is -0.324. The number of nitrogens with one attached hydrogen (secondary N) is 2. The molecule has 0 aliphatic carbocycles. The van der Waals surface area contributed by atoms with Gasteiger partial charge in [-0.25, -0.2) is 0 Å². The molecule has 0 unspecified atom stereocenters. The lowest BCUT2D eigenvalue weighted by molar-refractivity contribution is -0.122. The number of halogens is 1. The van der Waals surface area contributed by atoms with Crippen molar-refractivity contribution in [1.82, 2.24) is 20.5 Å². The summed E-state index contributed by atoms with van der Waals surface area (Å²) in [6.45, 7) is 2.72. The SMILES string of the molecule is C[C@H]1COc2ccc(Cl)cc2C(=O)NCCCCN(C(=O)c2cncs2)CC(=O)N1. The summed E-state index contributed by atoms with van der Waals surface area (Å²) >= 11 is 7.28. The Balaban J connectivity index is 1.74. The topological polar surface area (TPSA) is 101 Å². The first-order chi connectivity index (χ1) is 14.4. The van der Waals surface area contributed by atoms with E-state index in [1.165, 1.54) is 22.4 Å². The van der Waals surface area contributed by atoms with Gasteiger partial charge in [-0.1, -0.05) is 11.6 Å². The van der Waals surface area contributed by atoms with E-state index in [9.17, 15) is 14.4 Å². The first kappa shape index (κ1) is 22.0. The van der Waals surface area contributed by atoms with Gasteiger partial charge in [-0.2, -0.15) is 0 Å². The third kappa shape index (κ3) is 5.93. The summed E-state index contributed by atoms with van der Waals surface area (Å²) in [6.07, 6.45) is 2.78. The number of fused-ring (bicyclic) bond motifs is 1. The Morgan fingerprint density at radius 1 is 1.33 bits per heavy atom. The maximum Gasteiger partial charge on any atom is 0.266 e. The Bertz CT molecular complexity index is 906. The highest BCUT2D eigenvalue weighted by atomic mass is 35.5. The van der Waals surface area contributed by atoms with Crippen LogP contribution < -0.4 is 15.4 Å². The zero-order chi connectivity index (χ0) is 21.5. The fourth-order valence-corrected chi connectivity index (χ4v) is 3.77. The van der Waals surface area contributed by atoms with E-state index in [1.54, 1.807) is 30.6 Å². The second-order valence-corrected chi connectivity index (χ2v) is 8.30. The van der Waals surface area contributed by atoms with Crippen LogP contribution in [0.1, 0.15) is 39.8 Å². The first-order valence-corrected chi connectivity index (χ1v) is 10.9. The van der Waals surface area contributed by atoms with Gasteiger partial charge >= 0.3 is 0 Å². The highest BCUT2D eigenvalue weighted by molar-refractivity contribution is 7.11.